The number of fused-ring (bicyclic) bond motifs is 1. The predicted octanol–water partition coefficient (Wildman–Crippen LogP) is 7.32. The van der Waals surface area contributed by atoms with Crippen LogP contribution in [0.3, 0.4) is 0 Å². The Balaban J connectivity index is 1.38. The zero-order valence-electron chi connectivity index (χ0n) is 24.0. The average molecular weight is 638 g/mol. The van der Waals surface area contributed by atoms with E-state index in [0.717, 1.165) is 47.3 Å². The van der Waals surface area contributed by atoms with Crippen LogP contribution in [0.2, 0.25) is 0 Å². The molecule has 0 saturated carbocycles. The molecule has 0 aliphatic heterocycles. The second-order valence-electron chi connectivity index (χ2n) is 10.6. The molecule has 0 bridgehead atoms. The highest BCUT2D eigenvalue weighted by Crippen LogP contribution is 2.37. The number of nitrogens with zero attached hydrogens (tertiary/aromatic N) is 1. The molecule has 8 nitrogen and oxygen atoms in total. The van der Waals surface area contributed by atoms with E-state index < -0.39 is 35.8 Å². The van der Waals surface area contributed by atoms with Crippen LogP contribution < -0.4 is 15.4 Å². The number of carbonyl (C=O) groups is 3. The van der Waals surface area contributed by atoms with Crippen LogP contribution in [0.1, 0.15) is 65.1 Å². The van der Waals surface area contributed by atoms with E-state index in [1.54, 1.807) is 30.3 Å². The first-order valence-corrected chi connectivity index (χ1v) is 15.2. The number of carbonyl (C=O) groups excluding carboxylic acids is 2. The fourth-order valence-electron chi connectivity index (χ4n) is 5.18. The molecular formula is C33H30F3N3O5S. The molecule has 0 spiro atoms. The topological polar surface area (TPSA) is 118 Å². The first-order valence-electron chi connectivity index (χ1n) is 14.4. The van der Waals surface area contributed by atoms with Gasteiger partial charge in [0.2, 0.25) is 5.91 Å². The lowest BCUT2D eigenvalue weighted by Crippen LogP contribution is -2.26. The van der Waals surface area contributed by atoms with Crippen LogP contribution in [0.5, 0.6) is 5.75 Å². The van der Waals surface area contributed by atoms with Crippen molar-refractivity contribution in [2.75, 3.05) is 11.9 Å². The van der Waals surface area contributed by atoms with Crippen LogP contribution in [-0.2, 0) is 16.0 Å². The summed E-state index contributed by atoms with van der Waals surface area (Å²) in [6.07, 6.45) is 1.77. The molecule has 1 heterocycles. The lowest BCUT2D eigenvalue weighted by molar-refractivity contribution is -0.274. The minimum Gasteiger partial charge on any atom is -0.481 e. The Labute approximate surface area is 260 Å². The largest absolute Gasteiger partial charge is 0.573 e. The number of carboxylic acids is 1. The number of halogens is 3. The number of carboxylic acid groups (broad SMARTS) is 1. The van der Waals surface area contributed by atoms with Crippen molar-refractivity contribution < 1.29 is 37.4 Å². The van der Waals surface area contributed by atoms with Gasteiger partial charge in [-0.1, -0.05) is 59.9 Å². The number of aliphatic carboxylic acids is 1. The summed E-state index contributed by atoms with van der Waals surface area (Å²) in [5, 5.41) is 14.3. The minimum absolute atomic E-state index is 0.000647. The number of hydrogen-bond acceptors (Lipinski definition) is 6. The predicted molar refractivity (Wildman–Crippen MR) is 165 cm³/mol. The maximum absolute atomic E-state index is 13.8. The van der Waals surface area contributed by atoms with Crippen LogP contribution >= 0.6 is 11.3 Å². The number of hydrogen-bond donors (Lipinski definition) is 3. The fourth-order valence-corrected chi connectivity index (χ4v) is 6.10. The molecule has 3 N–H and O–H groups in total. The van der Waals surface area contributed by atoms with E-state index in [0.29, 0.717) is 5.56 Å². The number of nitrogens with one attached hydrogen (secondary N) is 2. The lowest BCUT2D eigenvalue weighted by Gasteiger charge is -2.18. The molecular weight excluding hydrogens is 607 g/mol. The Morgan fingerprint density at radius 2 is 1.76 bits per heavy atom. The third-order valence-electron chi connectivity index (χ3n) is 7.41. The Kier molecular flexibility index (Phi) is 9.82. The van der Waals surface area contributed by atoms with Crippen molar-refractivity contribution in [1.29, 1.82) is 0 Å². The molecule has 1 aliphatic rings. The SMILES string of the molecule is O=C(O)CCNC(=O)c1ccc(CC(C(=O)Nc2nc3cccc(OC(F)(F)F)c3s2)c2ccc(C3=CCCCC3)cc2)cc1. The molecule has 3 aromatic carbocycles. The first-order chi connectivity index (χ1) is 21.6. The molecule has 1 aliphatic carbocycles. The van der Waals surface area contributed by atoms with E-state index in [2.05, 4.69) is 26.4 Å². The van der Waals surface area contributed by atoms with Crippen LogP contribution in [0.4, 0.5) is 18.3 Å². The zero-order chi connectivity index (χ0) is 32.0. The van der Waals surface area contributed by atoms with Gasteiger partial charge in [-0.15, -0.1) is 13.2 Å². The zero-order valence-corrected chi connectivity index (χ0v) is 24.8. The third kappa shape index (κ3) is 8.48. The number of allylic oxidation sites excluding steroid dienone is 2. The number of alkyl halides is 3. The Morgan fingerprint density at radius 3 is 2.42 bits per heavy atom. The third-order valence-corrected chi connectivity index (χ3v) is 8.41. The van der Waals surface area contributed by atoms with Gasteiger partial charge in [-0.2, -0.15) is 0 Å². The quantitative estimate of drug-likeness (QED) is 0.159. The molecule has 45 heavy (non-hydrogen) atoms. The van der Waals surface area contributed by atoms with E-state index in [9.17, 15) is 27.6 Å². The van der Waals surface area contributed by atoms with Gasteiger partial charge >= 0.3 is 12.3 Å². The van der Waals surface area contributed by atoms with E-state index in [4.69, 9.17) is 5.11 Å². The summed E-state index contributed by atoms with van der Waals surface area (Å²) in [5.41, 5.74) is 4.49. The van der Waals surface area contributed by atoms with Crippen molar-refractivity contribution in [3.05, 3.63) is 95.1 Å². The van der Waals surface area contributed by atoms with Gasteiger partial charge in [0.15, 0.2) is 5.13 Å². The maximum atomic E-state index is 13.8. The Bertz CT molecular complexity index is 1720. The molecule has 1 atom stereocenters. The van der Waals surface area contributed by atoms with Gasteiger partial charge in [-0.3, -0.25) is 14.4 Å². The molecule has 0 radical (unpaired) electrons. The van der Waals surface area contributed by atoms with E-state index >= 15 is 0 Å². The van der Waals surface area contributed by atoms with Crippen LogP contribution in [0, 0.1) is 0 Å². The number of amides is 2. The highest BCUT2D eigenvalue weighted by molar-refractivity contribution is 7.22. The molecule has 2 amide bonds. The number of rotatable bonds is 11. The summed E-state index contributed by atoms with van der Waals surface area (Å²) in [6.45, 7) is 0.000647. The van der Waals surface area contributed by atoms with Crippen LogP contribution in [0.15, 0.2) is 72.8 Å². The van der Waals surface area contributed by atoms with Crippen molar-refractivity contribution in [2.24, 2.45) is 0 Å². The second kappa shape index (κ2) is 13.9. The second-order valence-corrected chi connectivity index (χ2v) is 11.6. The molecule has 234 valence electrons. The van der Waals surface area contributed by atoms with Gasteiger partial charge in [0.25, 0.3) is 5.91 Å². The number of thiazole rings is 1. The first kappa shape index (κ1) is 31.7. The molecule has 1 unspecified atom stereocenters. The Hall–Kier alpha value is -4.71. The lowest BCUT2D eigenvalue weighted by atomic mass is 9.88. The van der Waals surface area contributed by atoms with Gasteiger partial charge in [0.1, 0.15) is 5.75 Å². The van der Waals surface area contributed by atoms with Gasteiger partial charge in [0, 0.05) is 12.1 Å². The van der Waals surface area contributed by atoms with E-state index in [1.807, 2.05) is 24.3 Å². The summed E-state index contributed by atoms with van der Waals surface area (Å²) < 4.78 is 43.1. The molecule has 5 rings (SSSR count). The van der Waals surface area contributed by atoms with Gasteiger partial charge < -0.3 is 20.5 Å². The summed E-state index contributed by atoms with van der Waals surface area (Å²) in [4.78, 5) is 41.2. The summed E-state index contributed by atoms with van der Waals surface area (Å²) in [5.74, 6) is -2.90. The molecule has 1 aromatic heterocycles. The Morgan fingerprint density at radius 1 is 1.00 bits per heavy atom. The number of anilines is 1. The van der Waals surface area contributed by atoms with Crippen molar-refractivity contribution in [3.8, 4) is 5.75 Å². The van der Waals surface area contributed by atoms with Crippen LogP contribution in [0.25, 0.3) is 15.8 Å². The monoisotopic (exact) mass is 637 g/mol. The summed E-state index contributed by atoms with van der Waals surface area (Å²) in [6, 6.07) is 18.6. The highest BCUT2D eigenvalue weighted by atomic mass is 32.1. The highest BCUT2D eigenvalue weighted by Gasteiger charge is 2.32. The van der Waals surface area contributed by atoms with Gasteiger partial charge in [0.05, 0.1) is 22.6 Å². The van der Waals surface area contributed by atoms with Gasteiger partial charge in [-0.25, -0.2) is 4.98 Å². The smallest absolute Gasteiger partial charge is 0.481 e. The minimum atomic E-state index is -4.87. The van der Waals surface area contributed by atoms with Crippen molar-refractivity contribution in [1.82, 2.24) is 10.3 Å². The molecule has 12 heteroatoms. The normalized spacial score (nSPS) is 14.0. The summed E-state index contributed by atoms with van der Waals surface area (Å²) >= 11 is 0.890. The van der Waals surface area contributed by atoms with Crippen LogP contribution in [-0.4, -0.2) is 40.8 Å². The molecule has 4 aromatic rings. The van der Waals surface area contributed by atoms with Crippen molar-refractivity contribution in [3.63, 3.8) is 0 Å². The fraction of sp³-hybridized carbons (Fsp3) is 0.273. The van der Waals surface area contributed by atoms with Gasteiger partial charge in [-0.05, 0) is 78.6 Å². The summed E-state index contributed by atoms with van der Waals surface area (Å²) in [7, 11) is 0. The van der Waals surface area contributed by atoms with E-state index in [-0.39, 0.29) is 34.7 Å². The molecule has 0 saturated heterocycles. The van der Waals surface area contributed by atoms with Crippen molar-refractivity contribution >= 4 is 50.0 Å². The van der Waals surface area contributed by atoms with E-state index in [1.165, 1.54) is 24.1 Å². The standard InChI is InChI=1S/C33H30F3N3O5S/c34-33(35,36)44-27-8-4-7-26-29(27)45-32(38-26)39-31(43)25(23-15-13-22(14-16-23)21-5-2-1-3-6-21)19-20-9-11-24(12-10-20)30(42)37-18-17-28(40)41/h4-5,7-16,25H,1-3,6,17-19H2,(H,37,42)(H,40,41)(H,38,39,43). The molecule has 0 fully saturated rings. The average Bonchev–Trinajstić information content (AvgIpc) is 3.43. The number of ether oxygens (including phenoxy) is 1. The van der Waals surface area contributed by atoms with Crippen molar-refractivity contribution in [2.45, 2.75) is 50.8 Å². The maximum Gasteiger partial charge on any atom is 0.573 e. The number of aromatic nitrogens is 1. The number of benzene rings is 3.